The molecule has 6 nitrogen and oxygen atoms in total. The predicted octanol–water partition coefficient (Wildman–Crippen LogP) is 0.589. The van der Waals surface area contributed by atoms with Crippen molar-refractivity contribution in [1.82, 2.24) is 0 Å². The summed E-state index contributed by atoms with van der Waals surface area (Å²) in [7, 11) is 0. The third-order valence-electron chi connectivity index (χ3n) is 2.63. The molecule has 2 rings (SSSR count). The van der Waals surface area contributed by atoms with Gasteiger partial charge in [0, 0.05) is 0 Å². The molecule has 6 heteroatoms. The van der Waals surface area contributed by atoms with Crippen molar-refractivity contribution in [3.05, 3.63) is 35.9 Å². The summed E-state index contributed by atoms with van der Waals surface area (Å²) in [4.78, 5) is 34.5. The quantitative estimate of drug-likeness (QED) is 0.451. The van der Waals surface area contributed by atoms with E-state index in [9.17, 15) is 14.4 Å². The number of esters is 3. The smallest absolute Gasteiger partial charge is 0.362 e. The van der Waals surface area contributed by atoms with E-state index in [-0.39, 0.29) is 6.61 Å². The van der Waals surface area contributed by atoms with Gasteiger partial charge in [0.15, 0.2) is 6.61 Å². The molecule has 1 aromatic rings. The van der Waals surface area contributed by atoms with Crippen molar-refractivity contribution < 1.29 is 28.6 Å². The summed E-state index contributed by atoms with van der Waals surface area (Å²) in [5.41, 5.74) is -1.26. The van der Waals surface area contributed by atoms with Gasteiger partial charge in [0.2, 0.25) is 0 Å². The standard InChI is InChI=1S/C13H12O6/c1-13(12(16)18-8-10(14)19-13)11(15)17-7-9-5-3-2-4-6-9/h2-6H,7-8H2,1H3. The molecular formula is C13H12O6. The van der Waals surface area contributed by atoms with Gasteiger partial charge in [0.25, 0.3) is 0 Å². The van der Waals surface area contributed by atoms with Crippen molar-refractivity contribution in [2.24, 2.45) is 0 Å². The lowest BCUT2D eigenvalue weighted by molar-refractivity contribution is -0.208. The fourth-order valence-corrected chi connectivity index (χ4v) is 1.55. The molecule has 1 aliphatic heterocycles. The molecule has 1 heterocycles. The average Bonchev–Trinajstić information content (AvgIpc) is 2.41. The zero-order chi connectivity index (χ0) is 13.9. The Morgan fingerprint density at radius 3 is 2.68 bits per heavy atom. The second kappa shape index (κ2) is 5.09. The molecule has 0 aliphatic carbocycles. The molecule has 1 atom stereocenters. The number of rotatable bonds is 3. The number of benzene rings is 1. The molecule has 100 valence electrons. The highest BCUT2D eigenvalue weighted by Gasteiger charge is 2.51. The van der Waals surface area contributed by atoms with E-state index in [1.54, 1.807) is 24.3 Å². The minimum atomic E-state index is -2.02. The molecule has 0 N–H and O–H groups in total. The van der Waals surface area contributed by atoms with Crippen LogP contribution in [0, 0.1) is 0 Å². The third kappa shape index (κ3) is 2.73. The summed E-state index contributed by atoms with van der Waals surface area (Å²) < 4.78 is 14.3. The molecule has 0 bridgehead atoms. The van der Waals surface area contributed by atoms with E-state index in [0.717, 1.165) is 12.5 Å². The Balaban J connectivity index is 2.02. The second-order valence-corrected chi connectivity index (χ2v) is 4.15. The summed E-state index contributed by atoms with van der Waals surface area (Å²) in [5.74, 6) is -2.65. The zero-order valence-corrected chi connectivity index (χ0v) is 10.3. The van der Waals surface area contributed by atoms with Gasteiger partial charge in [-0.15, -0.1) is 0 Å². The third-order valence-corrected chi connectivity index (χ3v) is 2.63. The average molecular weight is 264 g/mol. The molecule has 0 spiro atoms. The van der Waals surface area contributed by atoms with Crippen LogP contribution in [-0.2, 0) is 35.2 Å². The molecular weight excluding hydrogens is 252 g/mol. The normalized spacial score (nSPS) is 22.4. The molecule has 1 fully saturated rings. The van der Waals surface area contributed by atoms with Crippen LogP contribution in [0.1, 0.15) is 12.5 Å². The second-order valence-electron chi connectivity index (χ2n) is 4.15. The molecule has 1 aromatic carbocycles. The summed E-state index contributed by atoms with van der Waals surface area (Å²) in [6.45, 7) is 0.653. The Labute approximate surface area is 109 Å². The first kappa shape index (κ1) is 13.1. The summed E-state index contributed by atoms with van der Waals surface area (Å²) in [6.07, 6.45) is 0. The largest absolute Gasteiger partial charge is 0.457 e. The van der Waals surface area contributed by atoms with Crippen LogP contribution in [0.2, 0.25) is 0 Å². The SMILES string of the molecule is CC1(C(=O)OCc2ccccc2)OC(=O)COC1=O. The monoisotopic (exact) mass is 264 g/mol. The predicted molar refractivity (Wildman–Crippen MR) is 61.7 cm³/mol. The van der Waals surface area contributed by atoms with Gasteiger partial charge >= 0.3 is 23.5 Å². The summed E-state index contributed by atoms with van der Waals surface area (Å²) >= 11 is 0. The number of hydrogen-bond acceptors (Lipinski definition) is 6. The van der Waals surface area contributed by atoms with Crippen LogP contribution < -0.4 is 0 Å². The first-order valence-corrected chi connectivity index (χ1v) is 5.62. The molecule has 1 aliphatic rings. The van der Waals surface area contributed by atoms with Crippen molar-refractivity contribution in [2.75, 3.05) is 6.61 Å². The number of hydrogen-bond donors (Lipinski definition) is 0. The van der Waals surface area contributed by atoms with Gasteiger partial charge in [-0.3, -0.25) is 0 Å². The van der Waals surface area contributed by atoms with E-state index in [1.165, 1.54) is 0 Å². The number of cyclic esters (lactones) is 2. The van der Waals surface area contributed by atoms with Crippen LogP contribution in [0.4, 0.5) is 0 Å². The highest BCUT2D eigenvalue weighted by Crippen LogP contribution is 2.20. The van der Waals surface area contributed by atoms with Crippen LogP contribution in [0.25, 0.3) is 0 Å². The lowest BCUT2D eigenvalue weighted by Gasteiger charge is -2.28. The van der Waals surface area contributed by atoms with Crippen LogP contribution in [0.5, 0.6) is 0 Å². The highest BCUT2D eigenvalue weighted by molar-refractivity contribution is 6.06. The van der Waals surface area contributed by atoms with E-state index in [4.69, 9.17) is 9.47 Å². The van der Waals surface area contributed by atoms with Gasteiger partial charge in [-0.2, -0.15) is 0 Å². The van der Waals surface area contributed by atoms with Crippen LogP contribution in [0.3, 0.4) is 0 Å². The topological polar surface area (TPSA) is 78.9 Å². The van der Waals surface area contributed by atoms with Crippen molar-refractivity contribution >= 4 is 17.9 Å². The van der Waals surface area contributed by atoms with Crippen molar-refractivity contribution in [3.63, 3.8) is 0 Å². The fourth-order valence-electron chi connectivity index (χ4n) is 1.55. The van der Waals surface area contributed by atoms with E-state index in [0.29, 0.717) is 0 Å². The zero-order valence-electron chi connectivity index (χ0n) is 10.3. The van der Waals surface area contributed by atoms with Crippen LogP contribution in [0.15, 0.2) is 30.3 Å². The first-order valence-electron chi connectivity index (χ1n) is 5.62. The van der Waals surface area contributed by atoms with Crippen LogP contribution in [-0.4, -0.2) is 30.1 Å². The van der Waals surface area contributed by atoms with E-state index >= 15 is 0 Å². The molecule has 0 aromatic heterocycles. The lowest BCUT2D eigenvalue weighted by atomic mass is 10.1. The van der Waals surface area contributed by atoms with Crippen LogP contribution >= 0.6 is 0 Å². The van der Waals surface area contributed by atoms with Crippen molar-refractivity contribution in [2.45, 2.75) is 19.1 Å². The molecule has 0 radical (unpaired) electrons. The molecule has 1 saturated heterocycles. The minimum Gasteiger partial charge on any atom is -0.457 e. The highest BCUT2D eigenvalue weighted by atomic mass is 16.7. The Hall–Kier alpha value is -2.37. The van der Waals surface area contributed by atoms with E-state index < -0.39 is 30.1 Å². The maximum atomic E-state index is 11.8. The van der Waals surface area contributed by atoms with Gasteiger partial charge in [-0.25, -0.2) is 14.4 Å². The van der Waals surface area contributed by atoms with E-state index in [1.807, 2.05) is 6.07 Å². The Morgan fingerprint density at radius 1 is 1.32 bits per heavy atom. The number of carbonyl (C=O) groups excluding carboxylic acids is 3. The number of carbonyl (C=O) groups is 3. The van der Waals surface area contributed by atoms with Gasteiger partial charge < -0.3 is 14.2 Å². The van der Waals surface area contributed by atoms with Gasteiger partial charge in [-0.1, -0.05) is 30.3 Å². The summed E-state index contributed by atoms with van der Waals surface area (Å²) in [6, 6.07) is 8.94. The van der Waals surface area contributed by atoms with Gasteiger partial charge in [-0.05, 0) is 12.5 Å². The molecule has 0 saturated carbocycles. The summed E-state index contributed by atoms with van der Waals surface area (Å²) in [5, 5.41) is 0. The van der Waals surface area contributed by atoms with Crippen molar-refractivity contribution in [1.29, 1.82) is 0 Å². The Kier molecular flexibility index (Phi) is 3.50. The molecule has 0 amide bonds. The molecule has 19 heavy (non-hydrogen) atoms. The lowest BCUT2D eigenvalue weighted by Crippen LogP contribution is -2.54. The molecule has 1 unspecified atom stereocenters. The van der Waals surface area contributed by atoms with Gasteiger partial charge in [0.1, 0.15) is 6.61 Å². The maximum absolute atomic E-state index is 11.8. The Morgan fingerprint density at radius 2 is 2.00 bits per heavy atom. The van der Waals surface area contributed by atoms with Gasteiger partial charge in [0.05, 0.1) is 0 Å². The minimum absolute atomic E-state index is 0.0138. The van der Waals surface area contributed by atoms with E-state index in [2.05, 4.69) is 4.74 Å². The van der Waals surface area contributed by atoms with Crippen molar-refractivity contribution in [3.8, 4) is 0 Å². The number of ether oxygens (including phenoxy) is 3. The fraction of sp³-hybridized carbons (Fsp3) is 0.308. The first-order chi connectivity index (χ1) is 9.02. The maximum Gasteiger partial charge on any atom is 0.362 e. The Bertz CT molecular complexity index is 509.